The van der Waals surface area contributed by atoms with Crippen molar-refractivity contribution in [3.05, 3.63) is 60.2 Å². The highest BCUT2D eigenvalue weighted by atomic mass is 32.2. The van der Waals surface area contributed by atoms with Gasteiger partial charge in [-0.25, -0.2) is 13.2 Å². The van der Waals surface area contributed by atoms with E-state index in [9.17, 15) is 13.2 Å². The van der Waals surface area contributed by atoms with Crippen LogP contribution in [0.5, 0.6) is 5.75 Å². The number of carbonyl (C=O) groups is 1. The molecule has 1 N–H and O–H groups in total. The zero-order valence-corrected chi connectivity index (χ0v) is 24.4. The van der Waals surface area contributed by atoms with Gasteiger partial charge in [0.1, 0.15) is 11.9 Å². The molecule has 1 aliphatic rings. The Kier molecular flexibility index (Phi) is 11.6. The quantitative estimate of drug-likeness (QED) is 0.362. The molecule has 0 spiro atoms. The maximum atomic E-state index is 13.6. The minimum Gasteiger partial charge on any atom is -0.497 e. The number of methoxy groups -OCH3 is 1. The lowest BCUT2D eigenvalue weighted by Crippen LogP contribution is -2.43. The molecule has 10 heteroatoms. The van der Waals surface area contributed by atoms with E-state index in [-0.39, 0.29) is 35.9 Å². The van der Waals surface area contributed by atoms with Crippen molar-refractivity contribution in [3.63, 3.8) is 0 Å². The first kappa shape index (κ1) is 30.9. The fourth-order valence-corrected chi connectivity index (χ4v) is 6.17. The van der Waals surface area contributed by atoms with Crippen molar-refractivity contribution in [1.29, 1.82) is 0 Å². The third-order valence-electron chi connectivity index (χ3n) is 6.67. The van der Waals surface area contributed by atoms with Crippen molar-refractivity contribution in [2.75, 3.05) is 33.4 Å². The van der Waals surface area contributed by atoms with Crippen molar-refractivity contribution < 1.29 is 32.2 Å². The van der Waals surface area contributed by atoms with Crippen molar-refractivity contribution in [1.82, 2.24) is 9.62 Å². The van der Waals surface area contributed by atoms with Gasteiger partial charge in [0.25, 0.3) is 0 Å². The van der Waals surface area contributed by atoms with Crippen molar-refractivity contribution in [2.24, 2.45) is 11.8 Å². The normalized spacial score (nSPS) is 20.2. The molecular weight excluding hydrogens is 520 g/mol. The standard InChI is InChI=1S/C29H42N2O7S/c1-6-36-28-22(4)27(20-37-28)38-29(32)30-24(18-23-10-8-7-9-11-23)16-17-31(19-21(2)3)39(33,34)26-14-12-25(35-5)13-15-26/h7-15,21-22,24,27-28H,6,16-20H2,1-5H3,(H,30,32)/t22-,24+,27?,28+/m0/s1. The van der Waals surface area contributed by atoms with Crippen LogP contribution in [0.3, 0.4) is 0 Å². The molecule has 1 fully saturated rings. The lowest BCUT2D eigenvalue weighted by Gasteiger charge is -2.27. The van der Waals surface area contributed by atoms with E-state index >= 15 is 0 Å². The predicted molar refractivity (Wildman–Crippen MR) is 149 cm³/mol. The second kappa shape index (κ2) is 14.6. The molecule has 39 heavy (non-hydrogen) atoms. The molecule has 1 saturated heterocycles. The van der Waals surface area contributed by atoms with Crippen LogP contribution in [0.2, 0.25) is 0 Å². The largest absolute Gasteiger partial charge is 0.497 e. The number of alkyl carbamates (subject to hydrolysis) is 1. The van der Waals surface area contributed by atoms with Crippen molar-refractivity contribution >= 4 is 16.1 Å². The number of nitrogens with one attached hydrogen (secondary N) is 1. The van der Waals surface area contributed by atoms with Gasteiger partial charge in [-0.05, 0) is 55.5 Å². The van der Waals surface area contributed by atoms with Crippen LogP contribution in [0.4, 0.5) is 4.79 Å². The first-order valence-corrected chi connectivity index (χ1v) is 15.0. The fourth-order valence-electron chi connectivity index (χ4n) is 4.55. The molecule has 1 amide bonds. The molecule has 0 radical (unpaired) electrons. The molecule has 9 nitrogen and oxygen atoms in total. The smallest absolute Gasteiger partial charge is 0.407 e. The Bertz CT molecular complexity index is 1130. The lowest BCUT2D eigenvalue weighted by atomic mass is 10.0. The zero-order chi connectivity index (χ0) is 28.4. The maximum Gasteiger partial charge on any atom is 0.407 e. The van der Waals surface area contributed by atoms with E-state index in [2.05, 4.69) is 5.32 Å². The summed E-state index contributed by atoms with van der Waals surface area (Å²) in [7, 11) is -2.21. The Morgan fingerprint density at radius 2 is 1.82 bits per heavy atom. The molecular formula is C29H42N2O7S. The van der Waals surface area contributed by atoms with Crippen LogP contribution in [-0.2, 0) is 30.7 Å². The fraction of sp³-hybridized carbons (Fsp3) is 0.552. The van der Waals surface area contributed by atoms with Crippen LogP contribution in [0.1, 0.15) is 39.7 Å². The van der Waals surface area contributed by atoms with Crippen LogP contribution in [0.25, 0.3) is 0 Å². The highest BCUT2D eigenvalue weighted by molar-refractivity contribution is 7.89. The molecule has 1 heterocycles. The summed E-state index contributed by atoms with van der Waals surface area (Å²) in [4.78, 5) is 13.1. The SMILES string of the molecule is CCO[C@@H]1OCC(OC(=O)N[C@H](CCN(CC(C)C)S(=O)(=O)c2ccc(OC)cc2)Cc2ccccc2)[C@@H]1C. The van der Waals surface area contributed by atoms with E-state index in [1.54, 1.807) is 24.3 Å². The van der Waals surface area contributed by atoms with Gasteiger partial charge in [-0.3, -0.25) is 0 Å². The van der Waals surface area contributed by atoms with Gasteiger partial charge in [0.15, 0.2) is 6.29 Å². The highest BCUT2D eigenvalue weighted by Gasteiger charge is 2.37. The van der Waals surface area contributed by atoms with E-state index in [1.165, 1.54) is 11.4 Å². The summed E-state index contributed by atoms with van der Waals surface area (Å²) >= 11 is 0. The summed E-state index contributed by atoms with van der Waals surface area (Å²) in [6.07, 6.45) is -0.439. The molecule has 1 aliphatic heterocycles. The van der Waals surface area contributed by atoms with Crippen LogP contribution >= 0.6 is 0 Å². The summed E-state index contributed by atoms with van der Waals surface area (Å²) in [5, 5.41) is 2.98. The highest BCUT2D eigenvalue weighted by Crippen LogP contribution is 2.25. The van der Waals surface area contributed by atoms with Crippen LogP contribution < -0.4 is 10.1 Å². The van der Waals surface area contributed by atoms with E-state index in [4.69, 9.17) is 18.9 Å². The number of hydrogen-bond donors (Lipinski definition) is 1. The predicted octanol–water partition coefficient (Wildman–Crippen LogP) is 4.47. The lowest BCUT2D eigenvalue weighted by molar-refractivity contribution is -0.124. The Hall–Kier alpha value is -2.66. The Morgan fingerprint density at radius 1 is 1.13 bits per heavy atom. The zero-order valence-electron chi connectivity index (χ0n) is 23.5. The first-order valence-electron chi connectivity index (χ1n) is 13.5. The molecule has 2 aromatic rings. The van der Waals surface area contributed by atoms with E-state index in [1.807, 2.05) is 58.0 Å². The molecule has 0 saturated carbocycles. The van der Waals surface area contributed by atoms with Crippen molar-refractivity contribution in [3.8, 4) is 5.75 Å². The average molecular weight is 563 g/mol. The van der Waals surface area contributed by atoms with Gasteiger partial charge in [-0.15, -0.1) is 0 Å². The number of rotatable bonds is 14. The second-order valence-electron chi connectivity index (χ2n) is 10.2. The summed E-state index contributed by atoms with van der Waals surface area (Å²) < 4.78 is 50.7. The number of amides is 1. The summed E-state index contributed by atoms with van der Waals surface area (Å²) in [5.74, 6) is 0.606. The third-order valence-corrected chi connectivity index (χ3v) is 8.55. The van der Waals surface area contributed by atoms with Crippen LogP contribution in [-0.4, -0.2) is 70.7 Å². The Balaban J connectivity index is 1.72. The summed E-state index contributed by atoms with van der Waals surface area (Å²) in [6.45, 7) is 9.15. The number of ether oxygens (including phenoxy) is 4. The first-order chi connectivity index (χ1) is 18.6. The van der Waals surface area contributed by atoms with Crippen LogP contribution in [0, 0.1) is 11.8 Å². The molecule has 0 aliphatic carbocycles. The van der Waals surface area contributed by atoms with E-state index < -0.39 is 28.5 Å². The minimum atomic E-state index is -3.75. The number of benzene rings is 2. The monoisotopic (exact) mass is 562 g/mol. The van der Waals surface area contributed by atoms with Crippen molar-refractivity contribution in [2.45, 2.75) is 63.9 Å². The minimum absolute atomic E-state index is 0.0977. The molecule has 0 aromatic heterocycles. The second-order valence-corrected chi connectivity index (χ2v) is 12.1. The number of nitrogens with zero attached hydrogens (tertiary/aromatic N) is 1. The molecule has 4 atom stereocenters. The summed E-state index contributed by atoms with van der Waals surface area (Å²) in [6, 6.07) is 15.8. The van der Waals surface area contributed by atoms with Gasteiger partial charge in [0, 0.05) is 31.7 Å². The third kappa shape index (κ3) is 8.93. The topological polar surface area (TPSA) is 103 Å². The van der Waals surface area contributed by atoms with Gasteiger partial charge in [-0.1, -0.05) is 51.1 Å². The Morgan fingerprint density at radius 3 is 2.44 bits per heavy atom. The Labute approximate surface area is 232 Å². The van der Waals surface area contributed by atoms with Gasteiger partial charge in [-0.2, -0.15) is 4.31 Å². The molecule has 2 aromatic carbocycles. The average Bonchev–Trinajstić information content (AvgIpc) is 3.25. The van der Waals surface area contributed by atoms with E-state index in [0.29, 0.717) is 31.7 Å². The van der Waals surface area contributed by atoms with E-state index in [0.717, 1.165) is 5.56 Å². The van der Waals surface area contributed by atoms with Gasteiger partial charge in [0.2, 0.25) is 10.0 Å². The van der Waals surface area contributed by atoms with Gasteiger partial charge in [0.05, 0.1) is 18.6 Å². The van der Waals surface area contributed by atoms with Crippen LogP contribution in [0.15, 0.2) is 59.5 Å². The number of hydrogen-bond acceptors (Lipinski definition) is 7. The maximum absolute atomic E-state index is 13.6. The van der Waals surface area contributed by atoms with Gasteiger partial charge >= 0.3 is 6.09 Å². The molecule has 216 valence electrons. The molecule has 1 unspecified atom stereocenters. The van der Waals surface area contributed by atoms with Gasteiger partial charge < -0.3 is 24.3 Å². The molecule has 3 rings (SSSR count). The number of carbonyl (C=O) groups excluding carboxylic acids is 1. The molecule has 0 bridgehead atoms. The number of sulfonamides is 1. The summed E-state index contributed by atoms with van der Waals surface area (Å²) in [5.41, 5.74) is 1.03.